The Kier molecular flexibility index (Phi) is 16.1. The van der Waals surface area contributed by atoms with Crippen LogP contribution in [0, 0.1) is 23.2 Å². The highest BCUT2D eigenvalue weighted by Gasteiger charge is 2.54. The number of likely N-dealkylation sites (tertiary alicyclic amines) is 1. The van der Waals surface area contributed by atoms with E-state index < -0.39 is 36.5 Å². The lowest BCUT2D eigenvalue weighted by Gasteiger charge is -2.56. The van der Waals surface area contributed by atoms with E-state index in [0.29, 0.717) is 44.9 Å². The molecule has 0 N–H and O–H groups in total. The van der Waals surface area contributed by atoms with Crippen molar-refractivity contribution >= 4 is 6.09 Å². The lowest BCUT2D eigenvalue weighted by Crippen LogP contribution is -2.70. The molecule has 8 heteroatoms. The molecule has 5 atom stereocenters. The van der Waals surface area contributed by atoms with Crippen molar-refractivity contribution in [1.82, 2.24) is 4.90 Å². The number of amides is 1. The summed E-state index contributed by atoms with van der Waals surface area (Å²) in [7, 11) is 0. The molecule has 8 nitrogen and oxygen atoms in total. The highest BCUT2D eigenvalue weighted by atomic mass is 16.6. The zero-order chi connectivity index (χ0) is 44.8. The Bertz CT molecular complexity index is 2190. The molecule has 5 fully saturated rings. The Morgan fingerprint density at radius 1 is 0.500 bits per heavy atom. The fourth-order valence-electron chi connectivity index (χ4n) is 11.7. The number of ether oxygens (including phenoxy) is 6. The van der Waals surface area contributed by atoms with Crippen molar-refractivity contribution in [1.29, 1.82) is 0 Å². The standard InChI is InChI=1S/C58H67NO7/c60-57(66-41-48-27-15-5-16-28-48)59-52(29-17-6-18-30-61-43-58-34-49-31-50(35-58)33-51(32-49)36-58)54(63-38-45-21-9-2-10-22-45)56(65-40-47-25-13-4-14-26-47)55(64-39-46-23-11-3-12-24-46)53(59)42-62-37-44-19-7-1-8-20-44/h1-17,19-28,49-56H,18,29-43H2/b17-6+/t49?,50?,51?,52-,53+,54+,55-,56-,58?/m1/s1. The Hall–Kier alpha value is -5.09. The van der Waals surface area contributed by atoms with Crippen molar-refractivity contribution in [3.63, 3.8) is 0 Å². The highest BCUT2D eigenvalue weighted by molar-refractivity contribution is 5.69. The highest BCUT2D eigenvalue weighted by Crippen LogP contribution is 2.60. The fraction of sp³-hybridized carbons (Fsp3) is 0.431. The Labute approximate surface area is 392 Å². The number of piperidine rings is 1. The van der Waals surface area contributed by atoms with Gasteiger partial charge in [0.15, 0.2) is 0 Å². The van der Waals surface area contributed by atoms with E-state index in [1.807, 2.05) is 108 Å². The van der Waals surface area contributed by atoms with E-state index in [2.05, 4.69) is 60.7 Å². The lowest BCUT2D eigenvalue weighted by atomic mass is 9.50. The molecular weight excluding hydrogens is 823 g/mol. The number of benzene rings is 5. The van der Waals surface area contributed by atoms with Gasteiger partial charge < -0.3 is 28.4 Å². The van der Waals surface area contributed by atoms with Crippen molar-refractivity contribution in [2.45, 2.75) is 115 Å². The third-order valence-corrected chi connectivity index (χ3v) is 14.3. The first-order valence-corrected chi connectivity index (χ1v) is 24.4. The molecule has 5 aliphatic rings. The van der Waals surface area contributed by atoms with Crippen LogP contribution in [0.4, 0.5) is 4.79 Å². The van der Waals surface area contributed by atoms with Gasteiger partial charge in [-0.1, -0.05) is 164 Å². The van der Waals surface area contributed by atoms with Gasteiger partial charge >= 0.3 is 6.09 Å². The van der Waals surface area contributed by atoms with E-state index >= 15 is 4.79 Å². The van der Waals surface area contributed by atoms with Gasteiger partial charge in [0.2, 0.25) is 0 Å². The molecule has 4 bridgehead atoms. The molecular formula is C58H67NO7. The van der Waals surface area contributed by atoms with Crippen molar-refractivity contribution in [3.05, 3.63) is 192 Å². The molecule has 1 saturated heterocycles. The maximum atomic E-state index is 15.0. The van der Waals surface area contributed by atoms with Crippen molar-refractivity contribution in [2.75, 3.05) is 19.8 Å². The van der Waals surface area contributed by atoms with E-state index in [4.69, 9.17) is 28.4 Å². The van der Waals surface area contributed by atoms with Crippen molar-refractivity contribution < 1.29 is 33.2 Å². The monoisotopic (exact) mass is 889 g/mol. The Balaban J connectivity index is 1.02. The van der Waals surface area contributed by atoms with Crippen LogP contribution in [0.25, 0.3) is 0 Å². The second kappa shape index (κ2) is 23.1. The summed E-state index contributed by atoms with van der Waals surface area (Å²) in [6, 6.07) is 49.4. The van der Waals surface area contributed by atoms with E-state index in [9.17, 15) is 0 Å². The van der Waals surface area contributed by atoms with E-state index in [1.165, 1.54) is 38.5 Å². The summed E-state index contributed by atoms with van der Waals surface area (Å²) in [6.07, 6.45) is 11.7. The number of nitrogens with zero attached hydrogens (tertiary/aromatic N) is 1. The average Bonchev–Trinajstić information content (AvgIpc) is 3.35. The molecule has 66 heavy (non-hydrogen) atoms. The molecule has 0 unspecified atom stereocenters. The van der Waals surface area contributed by atoms with Crippen LogP contribution in [0.5, 0.6) is 0 Å². The minimum Gasteiger partial charge on any atom is -0.445 e. The summed E-state index contributed by atoms with van der Waals surface area (Å²) < 4.78 is 40.6. The van der Waals surface area contributed by atoms with Crippen LogP contribution >= 0.6 is 0 Å². The third kappa shape index (κ3) is 12.3. The SMILES string of the molecule is O=C(OCc1ccccc1)N1[C@H](C/C=C/CCOCC23CC4CC(CC(C4)C2)C3)[C@H](OCc2ccccc2)[C@@H](OCc2ccccc2)[C@H](OCc2ccccc2)[C@@H]1COCc1ccccc1. The van der Waals surface area contributed by atoms with Gasteiger partial charge in [0.25, 0.3) is 0 Å². The number of hydrogen-bond donors (Lipinski definition) is 0. The number of carbonyl (C=O) groups excluding carboxylic acids is 1. The number of hydrogen-bond acceptors (Lipinski definition) is 7. The second-order valence-electron chi connectivity index (χ2n) is 19.3. The summed E-state index contributed by atoms with van der Waals surface area (Å²) in [5.41, 5.74) is 5.40. The molecule has 0 spiro atoms. The van der Waals surface area contributed by atoms with Gasteiger partial charge in [0.05, 0.1) is 58.3 Å². The second-order valence-corrected chi connectivity index (χ2v) is 19.3. The normalized spacial score (nSPS) is 26.8. The van der Waals surface area contributed by atoms with Crippen LogP contribution in [0.15, 0.2) is 164 Å². The summed E-state index contributed by atoms with van der Waals surface area (Å²) in [4.78, 5) is 16.9. The summed E-state index contributed by atoms with van der Waals surface area (Å²) in [5, 5.41) is 0. The number of carbonyl (C=O) groups is 1. The Morgan fingerprint density at radius 2 is 0.924 bits per heavy atom. The van der Waals surface area contributed by atoms with Crippen LogP contribution in [0.3, 0.4) is 0 Å². The molecule has 346 valence electrons. The molecule has 0 aromatic heterocycles. The zero-order valence-corrected chi connectivity index (χ0v) is 38.3. The number of rotatable bonds is 22. The predicted octanol–water partition coefficient (Wildman–Crippen LogP) is 11.9. The topological polar surface area (TPSA) is 75.7 Å². The molecule has 4 aliphatic carbocycles. The quantitative estimate of drug-likeness (QED) is 0.0506. The first-order valence-electron chi connectivity index (χ1n) is 24.4. The molecule has 1 heterocycles. The van der Waals surface area contributed by atoms with E-state index in [-0.39, 0.29) is 13.2 Å². The van der Waals surface area contributed by atoms with Crippen LogP contribution in [-0.4, -0.2) is 61.2 Å². The van der Waals surface area contributed by atoms with Crippen LogP contribution in [0.2, 0.25) is 0 Å². The fourth-order valence-corrected chi connectivity index (χ4v) is 11.7. The predicted molar refractivity (Wildman–Crippen MR) is 257 cm³/mol. The molecule has 5 aromatic rings. The molecule has 1 aliphatic heterocycles. The smallest absolute Gasteiger partial charge is 0.410 e. The summed E-state index contributed by atoms with van der Waals surface area (Å²) >= 11 is 0. The minimum absolute atomic E-state index is 0.121. The molecule has 5 aromatic carbocycles. The van der Waals surface area contributed by atoms with Crippen LogP contribution < -0.4 is 0 Å². The molecule has 1 amide bonds. The minimum atomic E-state index is -0.659. The molecule has 0 radical (unpaired) electrons. The lowest BCUT2D eigenvalue weighted by molar-refractivity contribution is -0.222. The largest absolute Gasteiger partial charge is 0.445 e. The zero-order valence-electron chi connectivity index (χ0n) is 38.3. The average molecular weight is 890 g/mol. The van der Waals surface area contributed by atoms with Gasteiger partial charge in [0, 0.05) is 0 Å². The van der Waals surface area contributed by atoms with Gasteiger partial charge in [-0.15, -0.1) is 0 Å². The van der Waals surface area contributed by atoms with Gasteiger partial charge in [-0.2, -0.15) is 0 Å². The van der Waals surface area contributed by atoms with E-state index in [1.54, 1.807) is 0 Å². The Morgan fingerprint density at radius 3 is 1.41 bits per heavy atom. The summed E-state index contributed by atoms with van der Waals surface area (Å²) in [5.74, 6) is 2.73. The van der Waals surface area contributed by atoms with Gasteiger partial charge in [-0.25, -0.2) is 4.79 Å². The van der Waals surface area contributed by atoms with Gasteiger partial charge in [-0.05, 0) is 102 Å². The summed E-state index contributed by atoms with van der Waals surface area (Å²) in [6.45, 7) is 3.18. The van der Waals surface area contributed by atoms with Gasteiger partial charge in [-0.3, -0.25) is 4.90 Å². The molecule has 10 rings (SSSR count). The maximum Gasteiger partial charge on any atom is 0.410 e. The molecule has 4 saturated carbocycles. The van der Waals surface area contributed by atoms with Gasteiger partial charge in [0.1, 0.15) is 24.9 Å². The van der Waals surface area contributed by atoms with Crippen LogP contribution in [0.1, 0.15) is 79.2 Å². The maximum absolute atomic E-state index is 15.0. The van der Waals surface area contributed by atoms with E-state index in [0.717, 1.165) is 58.6 Å². The first kappa shape index (κ1) is 46.0. The third-order valence-electron chi connectivity index (χ3n) is 14.3. The van der Waals surface area contributed by atoms with Crippen LogP contribution in [-0.2, 0) is 61.5 Å². The van der Waals surface area contributed by atoms with Crippen molar-refractivity contribution in [3.8, 4) is 0 Å². The first-order chi connectivity index (χ1) is 32.6. The van der Waals surface area contributed by atoms with Crippen molar-refractivity contribution in [2.24, 2.45) is 23.2 Å².